The maximum Gasteiger partial charge on any atom is 0.379 e. The van der Waals surface area contributed by atoms with Gasteiger partial charge in [-0.3, -0.25) is 4.79 Å². The minimum absolute atomic E-state index is 0.310. The summed E-state index contributed by atoms with van der Waals surface area (Å²) in [6.07, 6.45) is 0.876. The topological polar surface area (TPSA) is 30.2 Å². The number of hydrogen-bond donors (Lipinski definition) is 0. The Kier molecular flexibility index (Phi) is 2.97. The molecule has 4 heteroatoms. The van der Waals surface area contributed by atoms with E-state index in [1.54, 1.807) is 0 Å². The molecule has 0 N–H and O–H groups in total. The van der Waals surface area contributed by atoms with E-state index < -0.39 is 0 Å². The molecular weight excluding hydrogens is 341 g/mol. The zero-order valence-corrected chi connectivity index (χ0v) is 12.2. The van der Waals surface area contributed by atoms with Gasteiger partial charge in [-0.2, -0.15) is 4.57 Å². The molecule has 0 bridgehead atoms. The number of hydrogen-bond acceptors (Lipinski definition) is 2. The summed E-state index contributed by atoms with van der Waals surface area (Å²) >= 11 is 2.36. The summed E-state index contributed by atoms with van der Waals surface area (Å²) in [6.45, 7) is 2.73. The van der Waals surface area contributed by atoms with Crippen LogP contribution in [0.2, 0.25) is 0 Å². The lowest BCUT2D eigenvalue weighted by atomic mass is 10.1. The van der Waals surface area contributed by atoms with Crippen LogP contribution in [0.25, 0.3) is 10.9 Å². The Labute approximate surface area is 119 Å². The average molecular weight is 354 g/mol. The fourth-order valence-corrected chi connectivity index (χ4v) is 3.07. The first-order chi connectivity index (χ1) is 8.74. The SMILES string of the molecule is Cc1ccc2cc(C=O)c3[n+](c2c1)C(CI)CO3. The summed E-state index contributed by atoms with van der Waals surface area (Å²) in [5.74, 6) is 0.713. The molecule has 92 valence electrons. The number of carbonyl (C=O) groups is 1. The molecule has 0 amide bonds. The van der Waals surface area contributed by atoms with Crippen molar-refractivity contribution in [2.75, 3.05) is 11.0 Å². The molecule has 0 radical (unpaired) electrons. The Morgan fingerprint density at radius 3 is 3.06 bits per heavy atom. The lowest BCUT2D eigenvalue weighted by Crippen LogP contribution is -2.38. The number of benzene rings is 1. The number of aldehydes is 1. The van der Waals surface area contributed by atoms with Gasteiger partial charge < -0.3 is 4.74 Å². The standard InChI is InChI=1S/C14H13INO2/c1-9-2-3-10-5-11(7-17)14-16(13(10)4-9)12(6-15)8-18-14/h2-5,7,12H,6,8H2,1H3/q+1. The van der Waals surface area contributed by atoms with Crippen molar-refractivity contribution in [3.8, 4) is 5.88 Å². The minimum atomic E-state index is 0.310. The van der Waals surface area contributed by atoms with Crippen molar-refractivity contribution in [1.82, 2.24) is 0 Å². The third-order valence-corrected chi connectivity index (χ3v) is 4.32. The van der Waals surface area contributed by atoms with E-state index >= 15 is 0 Å². The Morgan fingerprint density at radius 1 is 1.50 bits per heavy atom. The second kappa shape index (κ2) is 4.50. The number of ether oxygens (including phenoxy) is 1. The summed E-state index contributed by atoms with van der Waals surface area (Å²) in [5.41, 5.74) is 3.00. The highest BCUT2D eigenvalue weighted by molar-refractivity contribution is 14.1. The molecule has 0 fully saturated rings. The van der Waals surface area contributed by atoms with E-state index in [1.807, 2.05) is 6.07 Å². The van der Waals surface area contributed by atoms with Crippen molar-refractivity contribution < 1.29 is 14.1 Å². The molecule has 1 unspecified atom stereocenters. The Morgan fingerprint density at radius 2 is 2.33 bits per heavy atom. The molecule has 0 aliphatic carbocycles. The lowest BCUT2D eigenvalue weighted by molar-refractivity contribution is -0.674. The minimum Gasteiger partial charge on any atom is -0.437 e. The van der Waals surface area contributed by atoms with Crippen LogP contribution in [-0.2, 0) is 0 Å². The third kappa shape index (κ3) is 1.70. The molecule has 0 saturated heterocycles. The molecule has 18 heavy (non-hydrogen) atoms. The van der Waals surface area contributed by atoms with E-state index in [-0.39, 0.29) is 0 Å². The molecule has 3 nitrogen and oxygen atoms in total. The van der Waals surface area contributed by atoms with E-state index in [1.165, 1.54) is 5.56 Å². The van der Waals surface area contributed by atoms with Gasteiger partial charge in [0.15, 0.2) is 12.9 Å². The van der Waals surface area contributed by atoms with Crippen LogP contribution in [-0.4, -0.2) is 17.3 Å². The average Bonchev–Trinajstić information content (AvgIpc) is 2.82. The predicted molar refractivity (Wildman–Crippen MR) is 77.7 cm³/mol. The van der Waals surface area contributed by atoms with E-state index in [2.05, 4.69) is 52.3 Å². The fourth-order valence-electron chi connectivity index (χ4n) is 2.43. The number of rotatable bonds is 2. The lowest BCUT2D eigenvalue weighted by Gasteiger charge is -2.04. The molecule has 1 aromatic carbocycles. The Hall–Kier alpha value is -1.17. The number of halogens is 1. The molecular formula is C14H13INO2+. The van der Waals surface area contributed by atoms with Crippen molar-refractivity contribution in [1.29, 1.82) is 0 Å². The van der Waals surface area contributed by atoms with Crippen LogP contribution in [0.3, 0.4) is 0 Å². The molecule has 1 atom stereocenters. The number of nitrogens with zero attached hydrogens (tertiary/aromatic N) is 1. The van der Waals surface area contributed by atoms with Gasteiger partial charge in [0.2, 0.25) is 11.6 Å². The van der Waals surface area contributed by atoms with E-state index in [4.69, 9.17) is 4.74 Å². The van der Waals surface area contributed by atoms with Gasteiger partial charge in [0.05, 0.1) is 4.43 Å². The van der Waals surface area contributed by atoms with Crippen LogP contribution in [0.15, 0.2) is 24.3 Å². The number of pyridine rings is 1. The molecule has 3 rings (SSSR count). The number of aromatic nitrogens is 1. The van der Waals surface area contributed by atoms with Crippen LogP contribution >= 0.6 is 22.6 Å². The maximum absolute atomic E-state index is 11.2. The zero-order valence-electron chi connectivity index (χ0n) is 10.0. The van der Waals surface area contributed by atoms with Gasteiger partial charge in [-0.1, -0.05) is 28.7 Å². The summed E-state index contributed by atoms with van der Waals surface area (Å²) in [4.78, 5) is 11.2. The summed E-state index contributed by atoms with van der Waals surface area (Å²) in [6, 6.07) is 8.50. The summed E-state index contributed by atoms with van der Waals surface area (Å²) < 4.78 is 8.84. The largest absolute Gasteiger partial charge is 0.437 e. The van der Waals surface area contributed by atoms with Crippen molar-refractivity contribution in [3.63, 3.8) is 0 Å². The smallest absolute Gasteiger partial charge is 0.379 e. The monoisotopic (exact) mass is 354 g/mol. The van der Waals surface area contributed by atoms with Crippen molar-refractivity contribution in [3.05, 3.63) is 35.4 Å². The summed E-state index contributed by atoms with van der Waals surface area (Å²) in [5, 5.41) is 1.09. The van der Waals surface area contributed by atoms with Gasteiger partial charge in [0.1, 0.15) is 5.56 Å². The summed E-state index contributed by atoms with van der Waals surface area (Å²) in [7, 11) is 0. The van der Waals surface area contributed by atoms with Crippen molar-refractivity contribution in [2.45, 2.75) is 13.0 Å². The van der Waals surface area contributed by atoms with Crippen LogP contribution in [0.1, 0.15) is 22.0 Å². The van der Waals surface area contributed by atoms with E-state index in [9.17, 15) is 4.79 Å². The molecule has 0 spiro atoms. The predicted octanol–water partition coefficient (Wildman–Crippen LogP) is 2.62. The molecule has 2 heterocycles. The quantitative estimate of drug-likeness (QED) is 0.359. The maximum atomic E-state index is 11.2. The van der Waals surface area contributed by atoms with Gasteiger partial charge in [-0.05, 0) is 24.6 Å². The first-order valence-electron chi connectivity index (χ1n) is 5.87. The van der Waals surface area contributed by atoms with Gasteiger partial charge in [0.25, 0.3) is 0 Å². The Bertz CT molecular complexity index is 639. The fraction of sp³-hybridized carbons (Fsp3) is 0.286. The van der Waals surface area contributed by atoms with Gasteiger partial charge in [0, 0.05) is 11.5 Å². The number of alkyl halides is 1. The first-order valence-corrected chi connectivity index (χ1v) is 7.40. The van der Waals surface area contributed by atoms with Gasteiger partial charge >= 0.3 is 5.88 Å². The molecule has 1 aliphatic rings. The van der Waals surface area contributed by atoms with Crippen molar-refractivity contribution >= 4 is 39.8 Å². The molecule has 1 aromatic heterocycles. The van der Waals surface area contributed by atoms with E-state index in [0.717, 1.165) is 21.6 Å². The highest BCUT2D eigenvalue weighted by Crippen LogP contribution is 2.27. The van der Waals surface area contributed by atoms with Gasteiger partial charge in [-0.25, -0.2) is 0 Å². The van der Waals surface area contributed by atoms with Crippen LogP contribution < -0.4 is 9.30 Å². The van der Waals surface area contributed by atoms with Crippen LogP contribution in [0.4, 0.5) is 0 Å². The normalized spacial score (nSPS) is 17.6. The Balaban J connectivity index is 2.40. The number of aryl methyl sites for hydroxylation is 1. The molecule has 2 aromatic rings. The second-order valence-corrected chi connectivity index (χ2v) is 5.45. The molecule has 0 saturated carbocycles. The number of carbonyl (C=O) groups excluding carboxylic acids is 1. The van der Waals surface area contributed by atoms with Crippen LogP contribution in [0.5, 0.6) is 5.88 Å². The zero-order chi connectivity index (χ0) is 12.7. The van der Waals surface area contributed by atoms with E-state index in [0.29, 0.717) is 24.1 Å². The third-order valence-electron chi connectivity index (χ3n) is 3.30. The number of fused-ring (bicyclic) bond motifs is 3. The van der Waals surface area contributed by atoms with Crippen molar-refractivity contribution in [2.24, 2.45) is 0 Å². The second-order valence-electron chi connectivity index (χ2n) is 4.57. The highest BCUT2D eigenvalue weighted by Gasteiger charge is 2.36. The van der Waals surface area contributed by atoms with Gasteiger partial charge in [-0.15, -0.1) is 0 Å². The first kappa shape index (κ1) is 11.9. The van der Waals surface area contributed by atoms with Crippen LogP contribution in [0, 0.1) is 6.92 Å². The highest BCUT2D eigenvalue weighted by atomic mass is 127. The molecule has 1 aliphatic heterocycles.